The Morgan fingerprint density at radius 2 is 0.929 bits per heavy atom. The van der Waals surface area contributed by atoms with Crippen LogP contribution in [-0.4, -0.2) is 4.57 Å². The molecule has 0 bridgehead atoms. The van der Waals surface area contributed by atoms with Crippen LogP contribution < -0.4 is 4.90 Å². The number of hydrogen-bond donors (Lipinski definition) is 0. The highest BCUT2D eigenvalue weighted by Gasteiger charge is 2.39. The molecule has 9 aromatic rings. The van der Waals surface area contributed by atoms with Gasteiger partial charge in [-0.15, -0.1) is 0 Å². The van der Waals surface area contributed by atoms with Crippen LogP contribution in [-0.2, 0) is 10.8 Å². The molecule has 0 N–H and O–H groups in total. The van der Waals surface area contributed by atoms with Crippen molar-refractivity contribution in [1.29, 1.82) is 0 Å². The molecule has 0 spiro atoms. The molecule has 1 aromatic heterocycles. The van der Waals surface area contributed by atoms with E-state index in [2.05, 4.69) is 219 Å². The van der Waals surface area contributed by atoms with E-state index in [9.17, 15) is 0 Å². The topological polar surface area (TPSA) is 8.17 Å². The van der Waals surface area contributed by atoms with Crippen molar-refractivity contribution in [3.63, 3.8) is 0 Å². The third-order valence-electron chi connectivity index (χ3n) is 12.8. The lowest BCUT2D eigenvalue weighted by Gasteiger charge is -2.30. The van der Waals surface area contributed by atoms with E-state index >= 15 is 0 Å². The summed E-state index contributed by atoms with van der Waals surface area (Å²) < 4.78 is 2.44. The summed E-state index contributed by atoms with van der Waals surface area (Å²) in [6, 6.07) is 67.5. The van der Waals surface area contributed by atoms with Gasteiger partial charge in [0, 0.05) is 44.1 Å². The molecule has 2 aliphatic rings. The van der Waals surface area contributed by atoms with E-state index in [1.54, 1.807) is 0 Å². The predicted octanol–water partition coefficient (Wildman–Crippen LogP) is 14.5. The van der Waals surface area contributed by atoms with Gasteiger partial charge in [-0.1, -0.05) is 161 Å². The van der Waals surface area contributed by atoms with Gasteiger partial charge in [0.2, 0.25) is 0 Å². The van der Waals surface area contributed by atoms with E-state index in [-0.39, 0.29) is 10.8 Å². The summed E-state index contributed by atoms with van der Waals surface area (Å²) in [6.45, 7) is 9.48. The Labute approximate surface area is 328 Å². The van der Waals surface area contributed by atoms with Gasteiger partial charge in [-0.25, -0.2) is 0 Å². The summed E-state index contributed by atoms with van der Waals surface area (Å²) in [4.78, 5) is 2.52. The molecule has 0 amide bonds. The summed E-state index contributed by atoms with van der Waals surface area (Å²) in [5.74, 6) is 0. The number of benzene rings is 8. The zero-order valence-corrected chi connectivity index (χ0v) is 32.2. The molecule has 56 heavy (non-hydrogen) atoms. The number of nitrogens with zero attached hydrogens (tertiary/aromatic N) is 2. The third-order valence-corrected chi connectivity index (χ3v) is 12.8. The lowest BCUT2D eigenvalue weighted by atomic mass is 9.82. The van der Waals surface area contributed by atoms with E-state index in [1.165, 1.54) is 88.8 Å². The number of aromatic nitrogens is 1. The molecule has 2 aliphatic carbocycles. The Kier molecular flexibility index (Phi) is 6.98. The molecule has 268 valence electrons. The molecule has 8 aromatic carbocycles. The minimum Gasteiger partial charge on any atom is -0.310 e. The molecule has 0 unspecified atom stereocenters. The third kappa shape index (κ3) is 4.56. The van der Waals surface area contributed by atoms with Gasteiger partial charge < -0.3 is 9.47 Å². The van der Waals surface area contributed by atoms with Crippen molar-refractivity contribution in [3.8, 4) is 39.1 Å². The number of anilines is 3. The molecule has 0 saturated carbocycles. The standard InChI is InChI=1S/C54H42N2/c1-53(2)45-25-11-6-23-43(45)52-46(53)26-16-30-51(52)55(37-31-32-40-39-20-5-10-24-44(39)54(3,4)47(40)34-37)36-18-15-17-35(33-36)38-19-7-12-27-48(38)56-49-28-13-8-21-41(49)42-22-9-14-29-50(42)56/h5-34H,1-4H3. The molecular formula is C54H42N2. The Bertz CT molecular complexity index is 2990. The minimum absolute atomic E-state index is 0.113. The second-order valence-corrected chi connectivity index (χ2v) is 16.5. The van der Waals surface area contributed by atoms with Crippen LogP contribution in [0.2, 0.25) is 0 Å². The lowest BCUT2D eigenvalue weighted by Crippen LogP contribution is -2.17. The summed E-state index contributed by atoms with van der Waals surface area (Å²) in [5.41, 5.74) is 20.0. The first-order valence-corrected chi connectivity index (χ1v) is 19.8. The van der Waals surface area contributed by atoms with Gasteiger partial charge in [0.05, 0.1) is 22.4 Å². The lowest BCUT2D eigenvalue weighted by molar-refractivity contribution is 0.660. The summed E-state index contributed by atoms with van der Waals surface area (Å²) in [5, 5.41) is 2.53. The molecule has 11 rings (SSSR count). The summed E-state index contributed by atoms with van der Waals surface area (Å²) in [6.07, 6.45) is 0. The molecule has 0 aliphatic heterocycles. The van der Waals surface area contributed by atoms with Crippen molar-refractivity contribution in [2.45, 2.75) is 38.5 Å². The highest BCUT2D eigenvalue weighted by Crippen LogP contribution is 2.56. The van der Waals surface area contributed by atoms with Gasteiger partial charge in [-0.2, -0.15) is 0 Å². The van der Waals surface area contributed by atoms with E-state index in [4.69, 9.17) is 0 Å². The fourth-order valence-corrected chi connectivity index (χ4v) is 10.1. The highest BCUT2D eigenvalue weighted by atomic mass is 15.1. The first-order chi connectivity index (χ1) is 27.3. The molecule has 2 heteroatoms. The molecular weight excluding hydrogens is 677 g/mol. The van der Waals surface area contributed by atoms with Crippen molar-refractivity contribution < 1.29 is 0 Å². The average molecular weight is 719 g/mol. The fourth-order valence-electron chi connectivity index (χ4n) is 10.1. The quantitative estimate of drug-likeness (QED) is 0.172. The number of fused-ring (bicyclic) bond motifs is 9. The zero-order valence-electron chi connectivity index (χ0n) is 32.2. The Hall–Kier alpha value is -6.64. The van der Waals surface area contributed by atoms with Crippen LogP contribution in [0.5, 0.6) is 0 Å². The van der Waals surface area contributed by atoms with Crippen molar-refractivity contribution in [2.75, 3.05) is 4.90 Å². The second kappa shape index (κ2) is 11.9. The molecule has 0 atom stereocenters. The van der Waals surface area contributed by atoms with Gasteiger partial charge in [0.15, 0.2) is 0 Å². The van der Waals surface area contributed by atoms with Gasteiger partial charge in [0.1, 0.15) is 0 Å². The zero-order chi connectivity index (χ0) is 37.8. The van der Waals surface area contributed by atoms with Crippen LogP contribution in [0.1, 0.15) is 49.9 Å². The van der Waals surface area contributed by atoms with Crippen LogP contribution in [0, 0.1) is 0 Å². The summed E-state index contributed by atoms with van der Waals surface area (Å²) >= 11 is 0. The SMILES string of the molecule is CC1(C)c2ccccc2-c2ccc(N(c3cccc(-c4ccccc4-n4c5ccccc5c5ccccc54)c3)c3cccc4c3-c3ccccc3C4(C)C)cc21. The van der Waals surface area contributed by atoms with Crippen LogP contribution in [0.15, 0.2) is 182 Å². The molecule has 0 saturated heterocycles. The Morgan fingerprint density at radius 1 is 0.393 bits per heavy atom. The Morgan fingerprint density at radius 3 is 1.68 bits per heavy atom. The summed E-state index contributed by atoms with van der Waals surface area (Å²) in [7, 11) is 0. The van der Waals surface area contributed by atoms with Crippen LogP contribution in [0.25, 0.3) is 60.9 Å². The highest BCUT2D eigenvalue weighted by molar-refractivity contribution is 6.10. The molecule has 2 nitrogen and oxygen atoms in total. The molecule has 0 fully saturated rings. The first kappa shape index (κ1) is 32.8. The van der Waals surface area contributed by atoms with Crippen molar-refractivity contribution >= 4 is 38.9 Å². The van der Waals surface area contributed by atoms with Crippen molar-refractivity contribution in [3.05, 3.63) is 204 Å². The van der Waals surface area contributed by atoms with Gasteiger partial charge in [-0.3, -0.25) is 0 Å². The average Bonchev–Trinajstić information content (AvgIpc) is 3.78. The maximum atomic E-state index is 2.52. The largest absolute Gasteiger partial charge is 0.310 e. The van der Waals surface area contributed by atoms with Crippen molar-refractivity contribution in [1.82, 2.24) is 4.57 Å². The van der Waals surface area contributed by atoms with E-state index < -0.39 is 0 Å². The number of hydrogen-bond acceptors (Lipinski definition) is 1. The maximum Gasteiger partial charge on any atom is 0.0543 e. The van der Waals surface area contributed by atoms with E-state index in [1.807, 2.05) is 0 Å². The monoisotopic (exact) mass is 718 g/mol. The fraction of sp³-hybridized carbons (Fsp3) is 0.111. The first-order valence-electron chi connectivity index (χ1n) is 19.8. The van der Waals surface area contributed by atoms with Crippen LogP contribution in [0.4, 0.5) is 17.1 Å². The predicted molar refractivity (Wildman–Crippen MR) is 236 cm³/mol. The number of para-hydroxylation sites is 3. The second-order valence-electron chi connectivity index (χ2n) is 16.5. The van der Waals surface area contributed by atoms with E-state index in [0.29, 0.717) is 0 Å². The normalized spacial score (nSPS) is 14.4. The molecule has 1 heterocycles. The van der Waals surface area contributed by atoms with E-state index in [0.717, 1.165) is 11.4 Å². The van der Waals surface area contributed by atoms with Gasteiger partial charge in [-0.05, 0) is 93.0 Å². The van der Waals surface area contributed by atoms with Crippen molar-refractivity contribution in [2.24, 2.45) is 0 Å². The Balaban J connectivity index is 1.15. The maximum absolute atomic E-state index is 2.52. The van der Waals surface area contributed by atoms with Gasteiger partial charge in [0.25, 0.3) is 0 Å². The number of rotatable bonds is 5. The van der Waals surface area contributed by atoms with Gasteiger partial charge >= 0.3 is 0 Å². The minimum atomic E-state index is -0.121. The van der Waals surface area contributed by atoms with Crippen LogP contribution in [0.3, 0.4) is 0 Å². The van der Waals surface area contributed by atoms with Crippen LogP contribution >= 0.6 is 0 Å². The molecule has 0 radical (unpaired) electrons. The smallest absolute Gasteiger partial charge is 0.0543 e.